The summed E-state index contributed by atoms with van der Waals surface area (Å²) in [5.74, 6) is 0. The molecule has 0 amide bonds. The fourth-order valence-corrected chi connectivity index (χ4v) is 2.93. The molecule has 2 heteroatoms. The van der Waals surface area contributed by atoms with Gasteiger partial charge in [0.15, 0.2) is 0 Å². The van der Waals surface area contributed by atoms with Crippen LogP contribution in [0.4, 0.5) is 0 Å². The summed E-state index contributed by atoms with van der Waals surface area (Å²) in [5.41, 5.74) is 8.07. The van der Waals surface area contributed by atoms with Gasteiger partial charge in [-0.15, -0.1) is 0 Å². The second kappa shape index (κ2) is 4.56. The Balaban J connectivity index is 2.04. The van der Waals surface area contributed by atoms with Crippen LogP contribution < -0.4 is 5.73 Å². The number of hydrogen-bond donors (Lipinski definition) is 1. The van der Waals surface area contributed by atoms with Crippen LogP contribution in [0.25, 0.3) is 0 Å². The monoisotopic (exact) mass is 209 g/mol. The lowest BCUT2D eigenvalue weighted by Gasteiger charge is -2.40. The zero-order chi connectivity index (χ0) is 10.7. The highest BCUT2D eigenvalue weighted by Gasteiger charge is 2.35. The molecule has 0 aromatic heterocycles. The van der Waals surface area contributed by atoms with Gasteiger partial charge in [0.05, 0.1) is 12.9 Å². The second-order valence-electron chi connectivity index (χ2n) is 5.36. The molecule has 0 aromatic rings. The van der Waals surface area contributed by atoms with E-state index >= 15 is 0 Å². The summed E-state index contributed by atoms with van der Waals surface area (Å²) in [6.45, 7) is 3.22. The van der Waals surface area contributed by atoms with Gasteiger partial charge >= 0.3 is 0 Å². The molecule has 86 valence electrons. The fourth-order valence-electron chi connectivity index (χ4n) is 2.93. The SMILES string of the molecule is CC1(C(N)C2=COCCC2)CCCCC1. The van der Waals surface area contributed by atoms with Crippen LogP contribution in [0.5, 0.6) is 0 Å². The highest BCUT2D eigenvalue weighted by molar-refractivity contribution is 5.14. The number of rotatable bonds is 2. The Bertz CT molecular complexity index is 241. The molecule has 1 unspecified atom stereocenters. The molecule has 1 fully saturated rings. The van der Waals surface area contributed by atoms with E-state index in [4.69, 9.17) is 10.5 Å². The number of hydrogen-bond acceptors (Lipinski definition) is 2. The van der Waals surface area contributed by atoms with Crippen molar-refractivity contribution in [1.29, 1.82) is 0 Å². The van der Waals surface area contributed by atoms with E-state index in [-0.39, 0.29) is 6.04 Å². The molecular formula is C13H23NO. The lowest BCUT2D eigenvalue weighted by molar-refractivity contribution is 0.166. The molecule has 2 rings (SSSR count). The Morgan fingerprint density at radius 3 is 2.60 bits per heavy atom. The topological polar surface area (TPSA) is 35.2 Å². The molecule has 0 saturated heterocycles. The number of nitrogens with two attached hydrogens (primary N) is 1. The first-order chi connectivity index (χ1) is 7.22. The van der Waals surface area contributed by atoms with Gasteiger partial charge in [-0.05, 0) is 36.7 Å². The van der Waals surface area contributed by atoms with Crippen molar-refractivity contribution in [3.05, 3.63) is 11.8 Å². The highest BCUT2D eigenvalue weighted by Crippen LogP contribution is 2.41. The molecule has 0 aromatic carbocycles. The van der Waals surface area contributed by atoms with Crippen LogP contribution in [0.2, 0.25) is 0 Å². The molecule has 1 saturated carbocycles. The van der Waals surface area contributed by atoms with Gasteiger partial charge in [0.1, 0.15) is 0 Å². The van der Waals surface area contributed by atoms with Crippen LogP contribution in [0.15, 0.2) is 11.8 Å². The van der Waals surface area contributed by atoms with E-state index in [0.29, 0.717) is 5.41 Å². The first-order valence-corrected chi connectivity index (χ1v) is 6.28. The van der Waals surface area contributed by atoms with Crippen LogP contribution in [-0.4, -0.2) is 12.6 Å². The van der Waals surface area contributed by atoms with Crippen LogP contribution in [0.1, 0.15) is 51.9 Å². The van der Waals surface area contributed by atoms with Gasteiger partial charge in [-0.1, -0.05) is 26.2 Å². The Kier molecular flexibility index (Phi) is 3.35. The normalized spacial score (nSPS) is 27.7. The summed E-state index contributed by atoms with van der Waals surface area (Å²) in [6.07, 6.45) is 10.8. The van der Waals surface area contributed by atoms with Crippen molar-refractivity contribution in [2.45, 2.75) is 57.9 Å². The molecule has 2 aliphatic rings. The maximum absolute atomic E-state index is 6.41. The van der Waals surface area contributed by atoms with E-state index in [2.05, 4.69) is 6.92 Å². The maximum Gasteiger partial charge on any atom is 0.0876 e. The van der Waals surface area contributed by atoms with E-state index in [1.54, 1.807) is 0 Å². The molecule has 0 radical (unpaired) electrons. The third kappa shape index (κ3) is 2.36. The van der Waals surface area contributed by atoms with Crippen LogP contribution in [-0.2, 0) is 4.74 Å². The van der Waals surface area contributed by atoms with Gasteiger partial charge in [-0.25, -0.2) is 0 Å². The van der Waals surface area contributed by atoms with Crippen molar-refractivity contribution in [3.63, 3.8) is 0 Å². The second-order valence-corrected chi connectivity index (χ2v) is 5.36. The van der Waals surface area contributed by atoms with Crippen molar-refractivity contribution in [3.8, 4) is 0 Å². The maximum atomic E-state index is 6.41. The Labute approximate surface area is 92.9 Å². The molecule has 0 bridgehead atoms. The van der Waals surface area contributed by atoms with E-state index in [1.165, 1.54) is 37.7 Å². The Morgan fingerprint density at radius 2 is 2.00 bits per heavy atom. The molecule has 1 aliphatic heterocycles. The summed E-state index contributed by atoms with van der Waals surface area (Å²) in [6, 6.07) is 0.220. The largest absolute Gasteiger partial charge is 0.501 e. The molecule has 0 spiro atoms. The quantitative estimate of drug-likeness (QED) is 0.759. The first kappa shape index (κ1) is 11.0. The minimum atomic E-state index is 0.220. The molecule has 15 heavy (non-hydrogen) atoms. The zero-order valence-electron chi connectivity index (χ0n) is 9.80. The van der Waals surface area contributed by atoms with Crippen LogP contribution in [0.3, 0.4) is 0 Å². The van der Waals surface area contributed by atoms with Gasteiger partial charge in [0.25, 0.3) is 0 Å². The zero-order valence-corrected chi connectivity index (χ0v) is 9.80. The third-order valence-corrected chi connectivity index (χ3v) is 4.11. The minimum Gasteiger partial charge on any atom is -0.501 e. The molecule has 1 atom stereocenters. The van der Waals surface area contributed by atoms with Crippen molar-refractivity contribution in [1.82, 2.24) is 0 Å². The smallest absolute Gasteiger partial charge is 0.0876 e. The van der Waals surface area contributed by atoms with Gasteiger partial charge < -0.3 is 10.5 Å². The highest BCUT2D eigenvalue weighted by atomic mass is 16.5. The number of ether oxygens (including phenoxy) is 1. The Morgan fingerprint density at radius 1 is 1.27 bits per heavy atom. The third-order valence-electron chi connectivity index (χ3n) is 4.11. The van der Waals surface area contributed by atoms with E-state index in [9.17, 15) is 0 Å². The summed E-state index contributed by atoms with van der Waals surface area (Å²) < 4.78 is 5.40. The Hall–Kier alpha value is -0.500. The minimum absolute atomic E-state index is 0.220. The molecule has 1 aliphatic carbocycles. The fraction of sp³-hybridized carbons (Fsp3) is 0.846. The average Bonchev–Trinajstić information content (AvgIpc) is 2.30. The summed E-state index contributed by atoms with van der Waals surface area (Å²) in [5, 5.41) is 0. The summed E-state index contributed by atoms with van der Waals surface area (Å²) in [4.78, 5) is 0. The standard InChI is InChI=1S/C13H23NO/c1-13(7-3-2-4-8-13)12(14)11-6-5-9-15-10-11/h10,12H,2-9,14H2,1H3. The van der Waals surface area contributed by atoms with Crippen LogP contribution in [0, 0.1) is 5.41 Å². The van der Waals surface area contributed by atoms with Crippen molar-refractivity contribution in [2.75, 3.05) is 6.61 Å². The van der Waals surface area contributed by atoms with Crippen molar-refractivity contribution < 1.29 is 4.74 Å². The van der Waals surface area contributed by atoms with Crippen molar-refractivity contribution in [2.24, 2.45) is 11.1 Å². The van der Waals surface area contributed by atoms with E-state index in [1.807, 2.05) is 6.26 Å². The van der Waals surface area contributed by atoms with Gasteiger partial charge in [-0.3, -0.25) is 0 Å². The predicted molar refractivity (Wildman–Crippen MR) is 62.4 cm³/mol. The lowest BCUT2D eigenvalue weighted by Crippen LogP contribution is -2.42. The van der Waals surface area contributed by atoms with Gasteiger partial charge in [0, 0.05) is 6.04 Å². The summed E-state index contributed by atoms with van der Waals surface area (Å²) >= 11 is 0. The first-order valence-electron chi connectivity index (χ1n) is 6.28. The van der Waals surface area contributed by atoms with E-state index in [0.717, 1.165) is 19.4 Å². The predicted octanol–water partition coefficient (Wildman–Crippen LogP) is 2.98. The van der Waals surface area contributed by atoms with Gasteiger partial charge in [0.2, 0.25) is 0 Å². The average molecular weight is 209 g/mol. The molecule has 2 N–H and O–H groups in total. The van der Waals surface area contributed by atoms with E-state index < -0.39 is 0 Å². The van der Waals surface area contributed by atoms with Crippen LogP contribution >= 0.6 is 0 Å². The summed E-state index contributed by atoms with van der Waals surface area (Å²) in [7, 11) is 0. The lowest BCUT2D eigenvalue weighted by atomic mass is 9.68. The van der Waals surface area contributed by atoms with Gasteiger partial charge in [-0.2, -0.15) is 0 Å². The molecule has 1 heterocycles. The molecule has 2 nitrogen and oxygen atoms in total. The van der Waals surface area contributed by atoms with Crippen molar-refractivity contribution >= 4 is 0 Å². The molecular weight excluding hydrogens is 186 g/mol.